The molecular weight excluding hydrogens is 538 g/mol. The zero-order valence-electron chi connectivity index (χ0n) is 22.6. The zero-order valence-corrected chi connectivity index (χ0v) is 23.5. The molecular formula is C32H27N3O5S. The SMILES string of the molecule is COc1ccc(N2C(=O)C(Nc3ccc(C)cc3)=C(Sc3ccc(NC(=O)c4ccccc4)cc3)C2=O)c(OC)c1. The molecule has 2 N–H and O–H groups in total. The van der Waals surface area contributed by atoms with Crippen molar-refractivity contribution in [2.75, 3.05) is 29.8 Å². The second-order valence-corrected chi connectivity index (χ2v) is 10.2. The summed E-state index contributed by atoms with van der Waals surface area (Å²) in [5.74, 6) is -0.359. The maximum absolute atomic E-state index is 13.8. The fourth-order valence-electron chi connectivity index (χ4n) is 4.20. The number of aryl methyl sites for hydroxylation is 1. The summed E-state index contributed by atoms with van der Waals surface area (Å²) in [7, 11) is 2.99. The molecule has 0 saturated carbocycles. The highest BCUT2D eigenvalue weighted by Crippen LogP contribution is 2.41. The first-order chi connectivity index (χ1) is 19.9. The number of anilines is 3. The molecule has 4 aromatic carbocycles. The fraction of sp³-hybridized carbons (Fsp3) is 0.0938. The third-order valence-corrected chi connectivity index (χ3v) is 7.45. The number of benzene rings is 4. The molecule has 0 bridgehead atoms. The number of thioether (sulfide) groups is 1. The van der Waals surface area contributed by atoms with Gasteiger partial charge >= 0.3 is 0 Å². The Kier molecular flexibility index (Phi) is 8.07. The van der Waals surface area contributed by atoms with Crippen LogP contribution in [0.15, 0.2) is 113 Å². The minimum Gasteiger partial charge on any atom is -0.497 e. The minimum absolute atomic E-state index is 0.156. The maximum atomic E-state index is 13.8. The van der Waals surface area contributed by atoms with Gasteiger partial charge < -0.3 is 20.1 Å². The van der Waals surface area contributed by atoms with Crippen molar-refractivity contribution in [1.29, 1.82) is 0 Å². The summed E-state index contributed by atoms with van der Waals surface area (Å²) in [5, 5.41) is 6.02. The fourth-order valence-corrected chi connectivity index (χ4v) is 5.13. The number of hydrogen-bond donors (Lipinski definition) is 2. The third-order valence-electron chi connectivity index (χ3n) is 6.36. The minimum atomic E-state index is -0.506. The van der Waals surface area contributed by atoms with Crippen LogP contribution in [0, 0.1) is 6.92 Å². The number of carbonyl (C=O) groups excluding carboxylic acids is 3. The second-order valence-electron chi connectivity index (χ2n) is 9.13. The number of ether oxygens (including phenoxy) is 2. The van der Waals surface area contributed by atoms with Crippen molar-refractivity contribution in [2.24, 2.45) is 0 Å². The molecule has 0 aromatic heterocycles. The predicted molar refractivity (Wildman–Crippen MR) is 161 cm³/mol. The molecule has 1 heterocycles. The van der Waals surface area contributed by atoms with Gasteiger partial charge in [-0.3, -0.25) is 14.4 Å². The summed E-state index contributed by atoms with van der Waals surface area (Å²) < 4.78 is 10.8. The molecule has 9 heteroatoms. The van der Waals surface area contributed by atoms with E-state index in [-0.39, 0.29) is 16.5 Å². The Bertz CT molecular complexity index is 1630. The van der Waals surface area contributed by atoms with Crippen molar-refractivity contribution in [3.8, 4) is 11.5 Å². The van der Waals surface area contributed by atoms with E-state index in [1.165, 1.54) is 14.2 Å². The molecule has 3 amide bonds. The van der Waals surface area contributed by atoms with E-state index in [9.17, 15) is 14.4 Å². The highest BCUT2D eigenvalue weighted by molar-refractivity contribution is 8.04. The average Bonchev–Trinajstić information content (AvgIpc) is 3.22. The molecule has 0 aliphatic carbocycles. The van der Waals surface area contributed by atoms with Crippen LogP contribution < -0.4 is 25.0 Å². The van der Waals surface area contributed by atoms with Gasteiger partial charge in [0.2, 0.25) is 0 Å². The number of amides is 3. The topological polar surface area (TPSA) is 97.0 Å². The van der Waals surface area contributed by atoms with E-state index in [1.54, 1.807) is 66.7 Å². The zero-order chi connectivity index (χ0) is 28.9. The van der Waals surface area contributed by atoms with Crippen LogP contribution in [0.2, 0.25) is 0 Å². The van der Waals surface area contributed by atoms with E-state index < -0.39 is 11.8 Å². The summed E-state index contributed by atoms with van der Waals surface area (Å²) in [6.07, 6.45) is 0. The first kappa shape index (κ1) is 27.5. The van der Waals surface area contributed by atoms with Gasteiger partial charge in [-0.05, 0) is 67.6 Å². The van der Waals surface area contributed by atoms with E-state index in [2.05, 4.69) is 10.6 Å². The lowest BCUT2D eigenvalue weighted by atomic mass is 10.2. The van der Waals surface area contributed by atoms with Crippen molar-refractivity contribution in [3.05, 3.63) is 119 Å². The molecule has 0 fully saturated rings. The van der Waals surface area contributed by atoms with Gasteiger partial charge in [-0.25, -0.2) is 4.90 Å². The molecule has 8 nitrogen and oxygen atoms in total. The van der Waals surface area contributed by atoms with Crippen LogP contribution in [0.3, 0.4) is 0 Å². The van der Waals surface area contributed by atoms with Crippen LogP contribution in [-0.2, 0) is 9.59 Å². The third kappa shape index (κ3) is 5.95. The molecule has 41 heavy (non-hydrogen) atoms. The lowest BCUT2D eigenvalue weighted by molar-refractivity contribution is -0.120. The molecule has 0 radical (unpaired) electrons. The first-order valence-corrected chi connectivity index (χ1v) is 13.5. The Morgan fingerprint density at radius 1 is 0.780 bits per heavy atom. The van der Waals surface area contributed by atoms with Crippen LogP contribution in [0.5, 0.6) is 11.5 Å². The molecule has 1 aliphatic heterocycles. The molecule has 4 aromatic rings. The van der Waals surface area contributed by atoms with Gasteiger partial charge in [-0.2, -0.15) is 0 Å². The Balaban J connectivity index is 1.44. The largest absolute Gasteiger partial charge is 0.497 e. The lowest BCUT2D eigenvalue weighted by Gasteiger charge is -2.19. The van der Waals surface area contributed by atoms with Crippen molar-refractivity contribution in [3.63, 3.8) is 0 Å². The number of nitrogens with one attached hydrogen (secondary N) is 2. The Labute approximate surface area is 242 Å². The Hall–Kier alpha value is -5.02. The maximum Gasteiger partial charge on any atom is 0.283 e. The van der Waals surface area contributed by atoms with Gasteiger partial charge in [-0.1, -0.05) is 47.7 Å². The van der Waals surface area contributed by atoms with Crippen molar-refractivity contribution < 1.29 is 23.9 Å². The number of carbonyl (C=O) groups is 3. The average molecular weight is 566 g/mol. The van der Waals surface area contributed by atoms with Gasteiger partial charge in [0.15, 0.2) is 0 Å². The van der Waals surface area contributed by atoms with Crippen LogP contribution in [0.1, 0.15) is 15.9 Å². The van der Waals surface area contributed by atoms with Crippen molar-refractivity contribution in [2.45, 2.75) is 11.8 Å². The highest BCUT2D eigenvalue weighted by Gasteiger charge is 2.41. The summed E-state index contributed by atoms with van der Waals surface area (Å²) in [6, 6.07) is 28.5. The summed E-state index contributed by atoms with van der Waals surface area (Å²) >= 11 is 1.16. The predicted octanol–water partition coefficient (Wildman–Crippen LogP) is 6.25. The van der Waals surface area contributed by atoms with Crippen LogP contribution in [0.25, 0.3) is 0 Å². The number of rotatable bonds is 9. The summed E-state index contributed by atoms with van der Waals surface area (Å²) in [4.78, 5) is 42.1. The smallest absolute Gasteiger partial charge is 0.283 e. The molecule has 206 valence electrons. The van der Waals surface area contributed by atoms with Gasteiger partial charge in [0.05, 0.1) is 19.9 Å². The van der Waals surface area contributed by atoms with Gasteiger partial charge in [0.25, 0.3) is 17.7 Å². The van der Waals surface area contributed by atoms with Gasteiger partial charge in [0.1, 0.15) is 22.1 Å². The molecule has 1 aliphatic rings. The Morgan fingerprint density at radius 3 is 2.12 bits per heavy atom. The number of nitrogens with zero attached hydrogens (tertiary/aromatic N) is 1. The van der Waals surface area contributed by atoms with E-state index >= 15 is 0 Å². The van der Waals surface area contributed by atoms with E-state index in [0.717, 1.165) is 22.2 Å². The summed E-state index contributed by atoms with van der Waals surface area (Å²) in [5.41, 5.74) is 3.36. The van der Waals surface area contributed by atoms with Crippen LogP contribution in [0.4, 0.5) is 17.1 Å². The highest BCUT2D eigenvalue weighted by atomic mass is 32.2. The van der Waals surface area contributed by atoms with Crippen molar-refractivity contribution >= 4 is 46.5 Å². The molecule has 0 saturated heterocycles. The summed E-state index contributed by atoms with van der Waals surface area (Å²) in [6.45, 7) is 1.97. The quantitative estimate of drug-likeness (QED) is 0.232. The molecule has 5 rings (SSSR count). The van der Waals surface area contributed by atoms with E-state index in [1.807, 2.05) is 37.3 Å². The lowest BCUT2D eigenvalue weighted by Crippen LogP contribution is -2.32. The number of methoxy groups -OCH3 is 2. The molecule has 0 atom stereocenters. The normalized spacial score (nSPS) is 12.9. The molecule has 0 spiro atoms. The molecule has 0 unspecified atom stereocenters. The number of hydrogen-bond acceptors (Lipinski definition) is 7. The van der Waals surface area contributed by atoms with E-state index in [4.69, 9.17) is 9.47 Å². The van der Waals surface area contributed by atoms with Crippen LogP contribution >= 0.6 is 11.8 Å². The second kappa shape index (κ2) is 12.0. The van der Waals surface area contributed by atoms with Crippen LogP contribution in [-0.4, -0.2) is 31.9 Å². The monoisotopic (exact) mass is 565 g/mol. The number of imide groups is 1. The van der Waals surface area contributed by atoms with Crippen molar-refractivity contribution in [1.82, 2.24) is 0 Å². The Morgan fingerprint density at radius 2 is 1.46 bits per heavy atom. The van der Waals surface area contributed by atoms with Gasteiger partial charge in [-0.15, -0.1) is 0 Å². The first-order valence-electron chi connectivity index (χ1n) is 12.7. The van der Waals surface area contributed by atoms with Gasteiger partial charge in [0, 0.05) is 27.9 Å². The van der Waals surface area contributed by atoms with E-state index in [0.29, 0.717) is 39.0 Å². The standard InChI is InChI=1S/C32H27N3O5S/c1-20-9-11-22(12-10-20)33-28-29(32(38)35(31(28)37)26-18-15-24(39-2)19-27(26)40-3)41-25-16-13-23(14-17-25)34-30(36)21-7-5-4-6-8-21/h4-19,33H,1-3H3,(H,34,36).